The van der Waals surface area contributed by atoms with Crippen LogP contribution in [0.15, 0.2) is 48.5 Å². The van der Waals surface area contributed by atoms with Crippen molar-refractivity contribution < 1.29 is 19.5 Å². The van der Waals surface area contributed by atoms with Crippen molar-refractivity contribution >= 4 is 23.3 Å². The van der Waals surface area contributed by atoms with Crippen molar-refractivity contribution in [3.63, 3.8) is 0 Å². The number of Topliss-reactive ketones (excluding diaryl/α,β-unsaturated/α-hetero) is 1. The Balaban J connectivity index is 1.92. The van der Waals surface area contributed by atoms with E-state index in [9.17, 15) is 19.5 Å². The first-order chi connectivity index (χ1) is 13.6. The van der Waals surface area contributed by atoms with Gasteiger partial charge < -0.3 is 10.4 Å². The number of amides is 2. The molecule has 0 saturated carbocycles. The number of hydrogen-bond acceptors (Lipinski definition) is 5. The van der Waals surface area contributed by atoms with Gasteiger partial charge in [0, 0.05) is 18.3 Å². The molecule has 2 heterocycles. The molecule has 0 spiro atoms. The minimum atomic E-state index is -1.60. The second kappa shape index (κ2) is 6.26. The minimum Gasteiger partial charge on any atom is -0.382 e. The number of likely N-dealkylation sites (tertiary alicyclic amines) is 1. The molecule has 6 nitrogen and oxygen atoms in total. The monoisotopic (exact) mass is 392 g/mol. The first-order valence-electron chi connectivity index (χ1n) is 9.61. The first kappa shape index (κ1) is 19.3. The van der Waals surface area contributed by atoms with E-state index in [-0.39, 0.29) is 11.2 Å². The van der Waals surface area contributed by atoms with Gasteiger partial charge in [-0.15, -0.1) is 0 Å². The lowest BCUT2D eigenvalue weighted by Gasteiger charge is -2.35. The van der Waals surface area contributed by atoms with Gasteiger partial charge in [-0.2, -0.15) is 0 Å². The normalized spacial score (nSPS) is 26.7. The summed E-state index contributed by atoms with van der Waals surface area (Å²) in [7, 11) is 1.33. The van der Waals surface area contributed by atoms with Crippen LogP contribution in [0.4, 0.5) is 5.69 Å². The summed E-state index contributed by atoms with van der Waals surface area (Å²) in [6.07, 6.45) is -1.60. The van der Waals surface area contributed by atoms with E-state index in [0.29, 0.717) is 16.8 Å². The maximum Gasteiger partial charge on any atom is 0.258 e. The van der Waals surface area contributed by atoms with E-state index in [2.05, 4.69) is 26.1 Å². The van der Waals surface area contributed by atoms with Gasteiger partial charge in [0.15, 0.2) is 5.78 Å². The quantitative estimate of drug-likeness (QED) is 0.767. The molecule has 0 radical (unpaired) electrons. The Kier molecular flexibility index (Phi) is 4.17. The minimum absolute atomic E-state index is 0.0827. The Morgan fingerprint density at radius 3 is 2.10 bits per heavy atom. The third kappa shape index (κ3) is 2.63. The van der Waals surface area contributed by atoms with E-state index >= 15 is 0 Å². The van der Waals surface area contributed by atoms with Crippen LogP contribution in [0.1, 0.15) is 42.3 Å². The van der Waals surface area contributed by atoms with Crippen LogP contribution in [0.25, 0.3) is 0 Å². The van der Waals surface area contributed by atoms with E-state index in [4.69, 9.17) is 0 Å². The van der Waals surface area contributed by atoms with Crippen LogP contribution in [0.2, 0.25) is 0 Å². The van der Waals surface area contributed by atoms with Gasteiger partial charge in [0.05, 0.1) is 0 Å². The molecule has 4 rings (SSSR count). The highest BCUT2D eigenvalue weighted by molar-refractivity contribution is 6.19. The zero-order valence-electron chi connectivity index (χ0n) is 16.9. The summed E-state index contributed by atoms with van der Waals surface area (Å²) in [5, 5.41) is 13.9. The number of hydrogen-bond donors (Lipinski definition) is 2. The first-order valence-corrected chi connectivity index (χ1v) is 9.61. The number of rotatable bonds is 2. The van der Waals surface area contributed by atoms with E-state index in [1.165, 1.54) is 7.05 Å². The Bertz CT molecular complexity index is 1020. The standard InChI is InChI=1S/C23H24N2O4/c1-22(2,3)13-9-11-14(12-10-13)23(17-18(26)21(29)25(4)20(17)28)19(27)15-7-5-6-8-16(15)24-23/h5-12,17-18,24,26H,1-4H3. The fourth-order valence-electron chi connectivity index (χ4n) is 4.32. The molecule has 2 amide bonds. The summed E-state index contributed by atoms with van der Waals surface area (Å²) in [6.45, 7) is 6.26. The Labute approximate surface area is 169 Å². The van der Waals surface area contributed by atoms with Gasteiger partial charge in [-0.05, 0) is 28.7 Å². The molecule has 150 valence electrons. The number of benzene rings is 2. The van der Waals surface area contributed by atoms with Crippen molar-refractivity contribution in [2.45, 2.75) is 37.8 Å². The van der Waals surface area contributed by atoms with E-state index in [0.717, 1.165) is 10.5 Å². The van der Waals surface area contributed by atoms with Crippen LogP contribution < -0.4 is 5.32 Å². The average Bonchev–Trinajstić information content (AvgIpc) is 3.09. The van der Waals surface area contributed by atoms with Gasteiger partial charge in [0.25, 0.3) is 5.91 Å². The molecular formula is C23H24N2O4. The molecule has 1 saturated heterocycles. The summed E-state index contributed by atoms with van der Waals surface area (Å²) in [5.41, 5.74) is 1.02. The smallest absolute Gasteiger partial charge is 0.258 e. The molecule has 29 heavy (non-hydrogen) atoms. The molecule has 2 aliphatic rings. The average molecular weight is 392 g/mol. The van der Waals surface area contributed by atoms with Crippen LogP contribution in [-0.4, -0.2) is 40.8 Å². The van der Waals surface area contributed by atoms with Gasteiger partial charge in [0.2, 0.25) is 5.91 Å². The number of anilines is 1. The molecule has 3 unspecified atom stereocenters. The molecule has 0 aromatic heterocycles. The van der Waals surface area contributed by atoms with Crippen LogP contribution in [0.3, 0.4) is 0 Å². The fourth-order valence-corrected chi connectivity index (χ4v) is 4.32. The van der Waals surface area contributed by atoms with Crippen LogP contribution in [-0.2, 0) is 20.5 Å². The third-order valence-corrected chi connectivity index (χ3v) is 6.03. The lowest BCUT2D eigenvalue weighted by molar-refractivity contribution is -0.139. The van der Waals surface area contributed by atoms with Crippen molar-refractivity contribution in [1.29, 1.82) is 0 Å². The molecule has 2 N–H and O–H groups in total. The molecule has 0 aliphatic carbocycles. The highest BCUT2D eigenvalue weighted by Crippen LogP contribution is 2.47. The summed E-state index contributed by atoms with van der Waals surface area (Å²) in [4.78, 5) is 39.8. The second-order valence-electron chi connectivity index (χ2n) is 8.79. The molecule has 0 bridgehead atoms. The molecule has 2 aliphatic heterocycles. The van der Waals surface area contributed by atoms with Crippen LogP contribution in [0, 0.1) is 5.92 Å². The maximum atomic E-state index is 13.6. The predicted molar refractivity (Wildman–Crippen MR) is 108 cm³/mol. The Hall–Kier alpha value is -2.99. The summed E-state index contributed by atoms with van der Waals surface area (Å²) >= 11 is 0. The highest BCUT2D eigenvalue weighted by Gasteiger charge is 2.62. The lowest BCUT2D eigenvalue weighted by atomic mass is 9.72. The fraction of sp³-hybridized carbons (Fsp3) is 0.348. The van der Waals surface area contributed by atoms with Crippen molar-refractivity contribution in [1.82, 2.24) is 4.90 Å². The molecule has 3 atom stereocenters. The molecular weight excluding hydrogens is 368 g/mol. The number of aliphatic hydroxyl groups is 1. The van der Waals surface area contributed by atoms with Gasteiger partial charge >= 0.3 is 0 Å². The lowest BCUT2D eigenvalue weighted by Crippen LogP contribution is -2.52. The number of aliphatic hydroxyl groups excluding tert-OH is 1. The number of ketones is 1. The van der Waals surface area contributed by atoms with Crippen molar-refractivity contribution in [3.05, 3.63) is 65.2 Å². The van der Waals surface area contributed by atoms with Crippen LogP contribution in [0.5, 0.6) is 0 Å². The second-order valence-corrected chi connectivity index (χ2v) is 8.79. The van der Waals surface area contributed by atoms with E-state index in [1.807, 2.05) is 12.1 Å². The van der Waals surface area contributed by atoms with Gasteiger partial charge in [-0.3, -0.25) is 19.3 Å². The van der Waals surface area contributed by atoms with Crippen molar-refractivity contribution in [2.75, 3.05) is 12.4 Å². The largest absolute Gasteiger partial charge is 0.382 e. The summed E-state index contributed by atoms with van der Waals surface area (Å²) < 4.78 is 0. The zero-order valence-corrected chi connectivity index (χ0v) is 16.9. The number of imide groups is 1. The SMILES string of the molecule is CN1C(=O)C(O)C(C2(c3ccc(C(C)(C)C)cc3)Nc3ccccc3C2=O)C1=O. The van der Waals surface area contributed by atoms with Gasteiger partial charge in [-0.25, -0.2) is 0 Å². The number of para-hydroxylation sites is 1. The maximum absolute atomic E-state index is 13.6. The third-order valence-electron chi connectivity index (χ3n) is 6.03. The number of nitrogens with one attached hydrogen (secondary N) is 1. The van der Waals surface area contributed by atoms with Crippen LogP contribution >= 0.6 is 0 Å². The number of fused-ring (bicyclic) bond motifs is 1. The van der Waals surface area contributed by atoms with E-state index in [1.54, 1.807) is 36.4 Å². The van der Waals surface area contributed by atoms with Gasteiger partial charge in [0.1, 0.15) is 17.6 Å². The molecule has 6 heteroatoms. The molecule has 2 aromatic carbocycles. The highest BCUT2D eigenvalue weighted by atomic mass is 16.3. The predicted octanol–water partition coefficient (Wildman–Crippen LogP) is 2.46. The molecule has 2 aromatic rings. The number of likely N-dealkylation sites (N-methyl/N-ethyl adjacent to an activating group) is 1. The number of carbonyl (C=O) groups excluding carboxylic acids is 3. The number of nitrogens with zero attached hydrogens (tertiary/aromatic N) is 1. The van der Waals surface area contributed by atoms with E-state index < -0.39 is 29.4 Å². The summed E-state index contributed by atoms with van der Waals surface area (Å²) in [5.74, 6) is -2.84. The Morgan fingerprint density at radius 2 is 1.59 bits per heavy atom. The Morgan fingerprint density at radius 1 is 0.966 bits per heavy atom. The van der Waals surface area contributed by atoms with Crippen molar-refractivity contribution in [2.24, 2.45) is 5.92 Å². The number of carbonyl (C=O) groups is 3. The summed E-state index contributed by atoms with van der Waals surface area (Å²) in [6, 6.07) is 14.5. The topological polar surface area (TPSA) is 86.7 Å². The zero-order chi connectivity index (χ0) is 21.1. The van der Waals surface area contributed by atoms with Crippen molar-refractivity contribution in [3.8, 4) is 0 Å². The van der Waals surface area contributed by atoms with Gasteiger partial charge in [-0.1, -0.05) is 57.2 Å². The molecule has 1 fully saturated rings.